The van der Waals surface area contributed by atoms with Crippen LogP contribution in [-0.4, -0.2) is 55.0 Å². The molecule has 134 valence electrons. The fraction of sp³-hybridized carbons (Fsp3) is 0.944. The van der Waals surface area contributed by atoms with Crippen LogP contribution in [0.2, 0.25) is 0 Å². The van der Waals surface area contributed by atoms with Gasteiger partial charge in [-0.25, -0.2) is 4.79 Å². The van der Waals surface area contributed by atoms with Gasteiger partial charge in [0, 0.05) is 43.6 Å². The highest BCUT2D eigenvalue weighted by atomic mass is 16.6. The Morgan fingerprint density at radius 2 is 2.09 bits per heavy atom. The van der Waals surface area contributed by atoms with Gasteiger partial charge >= 0.3 is 6.09 Å². The third-order valence-corrected chi connectivity index (χ3v) is 5.11. The molecule has 5 nitrogen and oxygen atoms in total. The predicted molar refractivity (Wildman–Crippen MR) is 91.5 cm³/mol. The predicted octanol–water partition coefficient (Wildman–Crippen LogP) is 3.04. The summed E-state index contributed by atoms with van der Waals surface area (Å²) in [7, 11) is 0. The first-order chi connectivity index (χ1) is 10.7. The van der Waals surface area contributed by atoms with Gasteiger partial charge in [0.15, 0.2) is 0 Å². The van der Waals surface area contributed by atoms with E-state index in [2.05, 4.69) is 19.2 Å². The second kappa shape index (κ2) is 6.98. The highest BCUT2D eigenvalue weighted by Gasteiger charge is 2.57. The lowest BCUT2D eigenvalue weighted by molar-refractivity contribution is -0.192. The summed E-state index contributed by atoms with van der Waals surface area (Å²) in [5.74, 6) is 0.621. The van der Waals surface area contributed by atoms with Crippen LogP contribution in [0, 0.1) is 11.3 Å². The van der Waals surface area contributed by atoms with Gasteiger partial charge in [0.05, 0.1) is 6.10 Å². The summed E-state index contributed by atoms with van der Waals surface area (Å²) in [6.45, 7) is 15.3. The largest absolute Gasteiger partial charge is 0.444 e. The van der Waals surface area contributed by atoms with Crippen molar-refractivity contribution in [2.75, 3.05) is 26.2 Å². The van der Waals surface area contributed by atoms with E-state index in [0.717, 1.165) is 19.6 Å². The molecule has 2 aliphatic rings. The monoisotopic (exact) mass is 326 g/mol. The Bertz CT molecular complexity index is 417. The maximum absolute atomic E-state index is 12.2. The van der Waals surface area contributed by atoms with Crippen LogP contribution in [0.3, 0.4) is 0 Å². The Morgan fingerprint density at radius 1 is 1.39 bits per heavy atom. The molecule has 1 amide bonds. The van der Waals surface area contributed by atoms with Gasteiger partial charge in [-0.3, -0.25) is 0 Å². The molecular weight excluding hydrogens is 292 g/mol. The molecule has 0 aromatic rings. The zero-order valence-corrected chi connectivity index (χ0v) is 15.6. The number of nitrogens with one attached hydrogen (secondary N) is 1. The molecule has 23 heavy (non-hydrogen) atoms. The van der Waals surface area contributed by atoms with Gasteiger partial charge in [-0.05, 0) is 40.5 Å². The van der Waals surface area contributed by atoms with E-state index >= 15 is 0 Å². The van der Waals surface area contributed by atoms with Crippen LogP contribution in [0.5, 0.6) is 0 Å². The maximum atomic E-state index is 12.2. The van der Waals surface area contributed by atoms with Crippen LogP contribution in [0.1, 0.15) is 54.4 Å². The van der Waals surface area contributed by atoms with E-state index in [1.807, 2.05) is 27.7 Å². The molecule has 3 atom stereocenters. The average Bonchev–Trinajstić information content (AvgIpc) is 2.45. The van der Waals surface area contributed by atoms with Gasteiger partial charge in [0.2, 0.25) is 0 Å². The molecule has 0 aromatic carbocycles. The van der Waals surface area contributed by atoms with Crippen LogP contribution in [0.15, 0.2) is 0 Å². The number of carbonyl (C=O) groups excluding carboxylic acids is 1. The number of nitrogens with zero attached hydrogens (tertiary/aromatic N) is 1. The summed E-state index contributed by atoms with van der Waals surface area (Å²) in [4.78, 5) is 13.9. The van der Waals surface area contributed by atoms with Crippen molar-refractivity contribution in [1.29, 1.82) is 0 Å². The standard InChI is InChI=1S/C18H34N2O3/c1-7-20(16(21)23-17(2,3)4)11-10-19-14-13-9-8-12-22-15(13)18(14,5)6/h13-15,19H,7-12H2,1-6H3. The van der Waals surface area contributed by atoms with Crippen molar-refractivity contribution >= 4 is 6.09 Å². The zero-order valence-electron chi connectivity index (χ0n) is 15.6. The molecule has 1 saturated heterocycles. The van der Waals surface area contributed by atoms with Gasteiger partial charge in [0.1, 0.15) is 5.60 Å². The van der Waals surface area contributed by atoms with E-state index in [0.29, 0.717) is 31.2 Å². The van der Waals surface area contributed by atoms with Crippen LogP contribution in [-0.2, 0) is 9.47 Å². The van der Waals surface area contributed by atoms with Crippen molar-refractivity contribution in [1.82, 2.24) is 10.2 Å². The normalized spacial score (nSPS) is 29.4. The smallest absolute Gasteiger partial charge is 0.410 e. The van der Waals surface area contributed by atoms with Crippen molar-refractivity contribution in [2.24, 2.45) is 11.3 Å². The van der Waals surface area contributed by atoms with Crippen molar-refractivity contribution in [3.8, 4) is 0 Å². The van der Waals surface area contributed by atoms with Gasteiger partial charge in [-0.15, -0.1) is 0 Å². The molecule has 0 spiro atoms. The Morgan fingerprint density at radius 3 is 2.70 bits per heavy atom. The summed E-state index contributed by atoms with van der Waals surface area (Å²) in [6, 6.07) is 0.477. The van der Waals surface area contributed by atoms with Gasteiger partial charge in [0.25, 0.3) is 0 Å². The lowest BCUT2D eigenvalue weighted by Gasteiger charge is -2.60. The molecule has 3 unspecified atom stereocenters. The summed E-state index contributed by atoms with van der Waals surface area (Å²) >= 11 is 0. The van der Waals surface area contributed by atoms with E-state index in [1.54, 1.807) is 4.90 Å². The first-order valence-electron chi connectivity index (χ1n) is 8.99. The second-order valence-corrected chi connectivity index (χ2v) is 8.41. The average molecular weight is 326 g/mol. The van der Waals surface area contributed by atoms with Crippen LogP contribution in [0.25, 0.3) is 0 Å². The molecule has 2 fully saturated rings. The molecule has 1 heterocycles. The summed E-state index contributed by atoms with van der Waals surface area (Å²) in [6.07, 6.45) is 2.57. The van der Waals surface area contributed by atoms with Crippen molar-refractivity contribution in [3.63, 3.8) is 0 Å². The number of fused-ring (bicyclic) bond motifs is 1. The highest BCUT2D eigenvalue weighted by molar-refractivity contribution is 5.68. The zero-order chi connectivity index (χ0) is 17.3. The lowest BCUT2D eigenvalue weighted by atomic mass is 9.55. The van der Waals surface area contributed by atoms with Gasteiger partial charge in [-0.1, -0.05) is 13.8 Å². The van der Waals surface area contributed by atoms with E-state index in [-0.39, 0.29) is 11.5 Å². The third-order valence-electron chi connectivity index (χ3n) is 5.11. The molecule has 2 rings (SSSR count). The molecular formula is C18H34N2O3. The molecule has 0 bridgehead atoms. The van der Waals surface area contributed by atoms with Crippen molar-refractivity contribution in [2.45, 2.75) is 72.1 Å². The number of carbonyl (C=O) groups is 1. The number of hydrogen-bond donors (Lipinski definition) is 1. The third kappa shape index (κ3) is 4.18. The van der Waals surface area contributed by atoms with E-state index in [9.17, 15) is 4.79 Å². The summed E-state index contributed by atoms with van der Waals surface area (Å²) in [5, 5.41) is 3.66. The molecule has 5 heteroatoms. The number of ether oxygens (including phenoxy) is 2. The van der Waals surface area contributed by atoms with Gasteiger partial charge in [-0.2, -0.15) is 0 Å². The Balaban J connectivity index is 1.80. The van der Waals surface area contributed by atoms with E-state index < -0.39 is 5.60 Å². The Labute approximate surface area is 141 Å². The first-order valence-corrected chi connectivity index (χ1v) is 8.99. The second-order valence-electron chi connectivity index (χ2n) is 8.41. The fourth-order valence-corrected chi connectivity index (χ4v) is 4.00. The minimum atomic E-state index is -0.444. The molecule has 1 saturated carbocycles. The van der Waals surface area contributed by atoms with Gasteiger partial charge < -0.3 is 19.7 Å². The van der Waals surface area contributed by atoms with E-state index in [1.165, 1.54) is 6.42 Å². The molecule has 1 aliphatic heterocycles. The lowest BCUT2D eigenvalue weighted by Crippen LogP contribution is -2.69. The highest BCUT2D eigenvalue weighted by Crippen LogP contribution is 2.51. The summed E-state index contributed by atoms with van der Waals surface area (Å²) < 4.78 is 11.4. The number of hydrogen-bond acceptors (Lipinski definition) is 4. The fourth-order valence-electron chi connectivity index (χ4n) is 4.00. The molecule has 0 aromatic heterocycles. The Kier molecular flexibility index (Phi) is 5.62. The van der Waals surface area contributed by atoms with E-state index in [4.69, 9.17) is 9.47 Å². The minimum Gasteiger partial charge on any atom is -0.444 e. The van der Waals surface area contributed by atoms with Crippen LogP contribution in [0.4, 0.5) is 4.79 Å². The minimum absolute atomic E-state index is 0.175. The van der Waals surface area contributed by atoms with Crippen molar-refractivity contribution in [3.05, 3.63) is 0 Å². The van der Waals surface area contributed by atoms with Crippen LogP contribution < -0.4 is 5.32 Å². The summed E-state index contributed by atoms with van der Waals surface area (Å²) in [5.41, 5.74) is -0.269. The van der Waals surface area contributed by atoms with Crippen molar-refractivity contribution < 1.29 is 14.3 Å². The molecule has 1 aliphatic carbocycles. The number of likely N-dealkylation sites (N-methyl/N-ethyl adjacent to an activating group) is 1. The first kappa shape index (κ1) is 18.5. The SMILES string of the molecule is CCN(CCNC1C2CCCOC2C1(C)C)C(=O)OC(C)(C)C. The van der Waals surface area contributed by atoms with Crippen LogP contribution >= 0.6 is 0 Å². The number of rotatable bonds is 5. The number of amides is 1. The maximum Gasteiger partial charge on any atom is 0.410 e. The topological polar surface area (TPSA) is 50.8 Å². The Hall–Kier alpha value is -0.810. The molecule has 0 radical (unpaired) electrons. The molecule has 1 N–H and O–H groups in total. The quantitative estimate of drug-likeness (QED) is 0.844.